The molecule has 0 aromatic carbocycles. The minimum atomic E-state index is -0.437. The maximum Gasteiger partial charge on any atom is 0.410 e. The number of rotatable bonds is 4. The topological polar surface area (TPSA) is 64.5 Å². The van der Waals surface area contributed by atoms with Gasteiger partial charge in [-0.2, -0.15) is 0 Å². The summed E-state index contributed by atoms with van der Waals surface area (Å²) in [6.07, 6.45) is 6.70. The molecule has 0 N–H and O–H groups in total. The Morgan fingerprint density at radius 1 is 1.32 bits per heavy atom. The van der Waals surface area contributed by atoms with Gasteiger partial charge in [0.05, 0.1) is 25.1 Å². The number of hydrogen-bond acceptors (Lipinski definition) is 5. The number of carbonyl (C=O) groups excluding carboxylic acids is 1. The molecule has 1 fully saturated rings. The summed E-state index contributed by atoms with van der Waals surface area (Å²) >= 11 is 0. The van der Waals surface area contributed by atoms with Crippen molar-refractivity contribution in [3.05, 3.63) is 24.3 Å². The van der Waals surface area contributed by atoms with E-state index in [-0.39, 0.29) is 6.09 Å². The predicted octanol–water partition coefficient (Wildman–Crippen LogP) is 2.64. The molecule has 0 atom stereocenters. The Bertz CT molecular complexity index is 465. The summed E-state index contributed by atoms with van der Waals surface area (Å²) < 4.78 is 11.1. The van der Waals surface area contributed by atoms with Crippen molar-refractivity contribution >= 4 is 6.09 Å². The lowest BCUT2D eigenvalue weighted by atomic mass is 9.98. The van der Waals surface area contributed by atoms with Gasteiger partial charge in [0.1, 0.15) is 5.60 Å². The van der Waals surface area contributed by atoms with Crippen molar-refractivity contribution in [2.24, 2.45) is 5.92 Å². The first-order chi connectivity index (χ1) is 10.4. The Kier molecular flexibility index (Phi) is 5.71. The number of amides is 1. The first-order valence-electron chi connectivity index (χ1n) is 7.74. The number of nitrogens with zero attached hydrogens (tertiary/aromatic N) is 3. The summed E-state index contributed by atoms with van der Waals surface area (Å²) in [6.45, 7) is 8.30. The summed E-state index contributed by atoms with van der Waals surface area (Å²) in [5.41, 5.74) is 0.405. The van der Waals surface area contributed by atoms with Gasteiger partial charge in [-0.3, -0.25) is 9.97 Å². The van der Waals surface area contributed by atoms with Gasteiger partial charge in [0.2, 0.25) is 0 Å². The lowest BCUT2D eigenvalue weighted by Crippen LogP contribution is -2.42. The van der Waals surface area contributed by atoms with Crippen molar-refractivity contribution in [3.8, 4) is 0 Å². The van der Waals surface area contributed by atoms with E-state index in [1.165, 1.54) is 0 Å². The number of piperidine rings is 1. The van der Waals surface area contributed by atoms with Gasteiger partial charge in [-0.05, 0) is 39.5 Å². The van der Waals surface area contributed by atoms with Crippen LogP contribution in [0.5, 0.6) is 0 Å². The van der Waals surface area contributed by atoms with Crippen molar-refractivity contribution in [1.29, 1.82) is 0 Å². The first kappa shape index (κ1) is 16.7. The van der Waals surface area contributed by atoms with Crippen LogP contribution in [0.1, 0.15) is 39.3 Å². The third-order valence-corrected chi connectivity index (χ3v) is 3.49. The van der Waals surface area contributed by atoms with Gasteiger partial charge in [0.25, 0.3) is 0 Å². The van der Waals surface area contributed by atoms with Gasteiger partial charge in [-0.15, -0.1) is 0 Å². The van der Waals surface area contributed by atoms with E-state index in [0.717, 1.165) is 31.6 Å². The molecule has 6 nitrogen and oxygen atoms in total. The van der Waals surface area contributed by atoms with Crippen LogP contribution < -0.4 is 0 Å². The van der Waals surface area contributed by atoms with E-state index in [2.05, 4.69) is 9.97 Å². The van der Waals surface area contributed by atoms with Crippen LogP contribution in [0, 0.1) is 5.92 Å². The molecule has 0 unspecified atom stereocenters. The molecule has 0 saturated carbocycles. The molecule has 1 aliphatic rings. The molecule has 0 aliphatic carbocycles. The SMILES string of the molecule is CC(C)(C)OC(=O)N1CCC(COCc2cnccn2)CC1. The third-order valence-electron chi connectivity index (χ3n) is 3.49. The van der Waals surface area contributed by atoms with Gasteiger partial charge >= 0.3 is 6.09 Å². The molecule has 0 radical (unpaired) electrons. The van der Waals surface area contributed by atoms with E-state index in [9.17, 15) is 4.79 Å². The first-order valence-corrected chi connectivity index (χ1v) is 7.74. The Hall–Kier alpha value is -1.69. The second-order valence-corrected chi connectivity index (χ2v) is 6.62. The van der Waals surface area contributed by atoms with Gasteiger partial charge < -0.3 is 14.4 Å². The number of ether oxygens (including phenoxy) is 2. The Morgan fingerprint density at radius 3 is 2.64 bits per heavy atom. The lowest BCUT2D eigenvalue weighted by molar-refractivity contribution is 0.0103. The quantitative estimate of drug-likeness (QED) is 0.855. The number of aromatic nitrogens is 2. The summed E-state index contributed by atoms with van der Waals surface area (Å²) in [6, 6.07) is 0. The lowest BCUT2D eigenvalue weighted by Gasteiger charge is -2.33. The predicted molar refractivity (Wildman–Crippen MR) is 82.2 cm³/mol. The van der Waals surface area contributed by atoms with Crippen molar-refractivity contribution in [3.63, 3.8) is 0 Å². The molecule has 6 heteroatoms. The molecular formula is C16H25N3O3. The average Bonchev–Trinajstić information content (AvgIpc) is 2.47. The van der Waals surface area contributed by atoms with Crippen molar-refractivity contribution in [2.75, 3.05) is 19.7 Å². The highest BCUT2D eigenvalue weighted by Gasteiger charge is 2.26. The molecule has 1 saturated heterocycles. The Balaban J connectivity index is 1.66. The molecule has 2 heterocycles. The summed E-state index contributed by atoms with van der Waals surface area (Å²) in [5.74, 6) is 0.482. The normalized spacial score (nSPS) is 16.6. The van der Waals surface area contributed by atoms with Crippen LogP contribution in [0.2, 0.25) is 0 Å². The molecule has 1 aromatic rings. The fourth-order valence-corrected chi connectivity index (χ4v) is 2.34. The zero-order chi connectivity index (χ0) is 16.0. The second-order valence-electron chi connectivity index (χ2n) is 6.62. The second kappa shape index (κ2) is 7.54. The minimum absolute atomic E-state index is 0.216. The van der Waals surface area contributed by atoms with Crippen LogP contribution in [0.25, 0.3) is 0 Å². The van der Waals surface area contributed by atoms with Gasteiger partial charge in [-0.25, -0.2) is 4.79 Å². The molecule has 1 amide bonds. The van der Waals surface area contributed by atoms with E-state index in [0.29, 0.717) is 19.1 Å². The highest BCUT2D eigenvalue weighted by molar-refractivity contribution is 5.68. The average molecular weight is 307 g/mol. The smallest absolute Gasteiger partial charge is 0.410 e. The highest BCUT2D eigenvalue weighted by Crippen LogP contribution is 2.20. The molecule has 0 spiro atoms. The monoisotopic (exact) mass is 307 g/mol. The van der Waals surface area contributed by atoms with Crippen LogP contribution >= 0.6 is 0 Å². The zero-order valence-electron chi connectivity index (χ0n) is 13.6. The third kappa shape index (κ3) is 5.60. The molecule has 2 rings (SSSR count). The maximum absolute atomic E-state index is 12.0. The molecule has 1 aliphatic heterocycles. The molecule has 0 bridgehead atoms. The van der Waals surface area contributed by atoms with Crippen molar-refractivity contribution < 1.29 is 14.3 Å². The number of carbonyl (C=O) groups is 1. The van der Waals surface area contributed by atoms with Crippen LogP contribution in [-0.2, 0) is 16.1 Å². The van der Waals surface area contributed by atoms with Crippen molar-refractivity contribution in [2.45, 2.75) is 45.8 Å². The van der Waals surface area contributed by atoms with Crippen LogP contribution in [0.15, 0.2) is 18.6 Å². The number of hydrogen-bond donors (Lipinski definition) is 0. The summed E-state index contributed by atoms with van der Waals surface area (Å²) in [7, 11) is 0. The molecule has 22 heavy (non-hydrogen) atoms. The standard InChI is InChI=1S/C16H25N3O3/c1-16(2,3)22-15(20)19-8-4-13(5-9-19)11-21-12-14-10-17-6-7-18-14/h6-7,10,13H,4-5,8-9,11-12H2,1-3H3. The summed E-state index contributed by atoms with van der Waals surface area (Å²) in [5, 5.41) is 0. The van der Waals surface area contributed by atoms with Gasteiger partial charge in [0.15, 0.2) is 0 Å². The largest absolute Gasteiger partial charge is 0.444 e. The van der Waals surface area contributed by atoms with Gasteiger partial charge in [-0.1, -0.05) is 0 Å². The minimum Gasteiger partial charge on any atom is -0.444 e. The molecule has 122 valence electrons. The Labute approximate surface area is 131 Å². The fraction of sp³-hybridized carbons (Fsp3) is 0.688. The van der Waals surface area contributed by atoms with E-state index in [1.807, 2.05) is 20.8 Å². The highest BCUT2D eigenvalue weighted by atomic mass is 16.6. The van der Waals surface area contributed by atoms with Crippen LogP contribution in [0.4, 0.5) is 4.79 Å². The fourth-order valence-electron chi connectivity index (χ4n) is 2.34. The van der Waals surface area contributed by atoms with Crippen molar-refractivity contribution in [1.82, 2.24) is 14.9 Å². The maximum atomic E-state index is 12.0. The number of likely N-dealkylation sites (tertiary alicyclic amines) is 1. The van der Waals surface area contributed by atoms with E-state index < -0.39 is 5.60 Å². The van der Waals surface area contributed by atoms with Gasteiger partial charge in [0, 0.05) is 25.5 Å². The Morgan fingerprint density at radius 2 is 2.05 bits per heavy atom. The van der Waals surface area contributed by atoms with E-state index in [4.69, 9.17) is 9.47 Å². The zero-order valence-corrected chi connectivity index (χ0v) is 13.6. The van der Waals surface area contributed by atoms with E-state index >= 15 is 0 Å². The molecular weight excluding hydrogens is 282 g/mol. The van der Waals surface area contributed by atoms with Crippen LogP contribution in [-0.4, -0.2) is 46.3 Å². The van der Waals surface area contributed by atoms with E-state index in [1.54, 1.807) is 23.5 Å². The van der Waals surface area contributed by atoms with Crippen LogP contribution in [0.3, 0.4) is 0 Å². The molecule has 1 aromatic heterocycles. The summed E-state index contributed by atoms with van der Waals surface area (Å²) in [4.78, 5) is 21.9.